The van der Waals surface area contributed by atoms with Gasteiger partial charge in [0.05, 0.1) is 17.2 Å². The number of benzene rings is 1. The second-order valence-corrected chi connectivity index (χ2v) is 5.98. The maximum atomic E-state index is 11.2. The van der Waals surface area contributed by atoms with Gasteiger partial charge in [0.2, 0.25) is 0 Å². The normalized spacial score (nSPS) is 10.7. The van der Waals surface area contributed by atoms with Crippen molar-refractivity contribution in [2.75, 3.05) is 6.54 Å². The van der Waals surface area contributed by atoms with E-state index in [1.165, 1.54) is 16.8 Å². The minimum Gasteiger partial charge on any atom is -0.324 e. The van der Waals surface area contributed by atoms with E-state index in [9.17, 15) is 4.79 Å². The van der Waals surface area contributed by atoms with Crippen molar-refractivity contribution in [3.05, 3.63) is 51.5 Å². The van der Waals surface area contributed by atoms with E-state index in [4.69, 9.17) is 5.73 Å². The molecule has 1 heterocycles. The van der Waals surface area contributed by atoms with E-state index in [1.807, 2.05) is 6.92 Å². The summed E-state index contributed by atoms with van der Waals surface area (Å²) < 4.78 is 0. The van der Waals surface area contributed by atoms with Crippen LogP contribution in [-0.4, -0.2) is 17.3 Å². The number of ketones is 1. The van der Waals surface area contributed by atoms with Gasteiger partial charge in [-0.15, -0.1) is 11.3 Å². The van der Waals surface area contributed by atoms with Crippen LogP contribution in [0.5, 0.6) is 0 Å². The Labute approximate surface area is 123 Å². The fourth-order valence-corrected chi connectivity index (χ4v) is 2.70. The third-order valence-corrected chi connectivity index (χ3v) is 4.10. The number of aromatic nitrogens is 1. The second-order valence-electron chi connectivity index (χ2n) is 4.92. The Balaban J connectivity index is 1.83. The highest BCUT2D eigenvalue weighted by Crippen LogP contribution is 2.13. The zero-order valence-electron chi connectivity index (χ0n) is 11.8. The van der Waals surface area contributed by atoms with E-state index in [-0.39, 0.29) is 12.3 Å². The van der Waals surface area contributed by atoms with Gasteiger partial charge in [0.1, 0.15) is 5.78 Å². The van der Waals surface area contributed by atoms with E-state index >= 15 is 0 Å². The highest BCUT2D eigenvalue weighted by atomic mass is 32.1. The number of nitrogens with zero attached hydrogens (tertiary/aromatic N) is 1. The molecule has 2 rings (SSSR count). The lowest BCUT2D eigenvalue weighted by Crippen LogP contribution is -2.13. The lowest BCUT2D eigenvalue weighted by molar-refractivity contribution is -0.117. The first-order valence-electron chi connectivity index (χ1n) is 6.88. The molecular weight excluding hydrogens is 268 g/mol. The molecule has 0 atom stereocenters. The molecule has 2 aromatic rings. The molecule has 1 aromatic carbocycles. The van der Waals surface area contributed by atoms with Crippen molar-refractivity contribution >= 4 is 17.1 Å². The quantitative estimate of drug-likeness (QED) is 0.852. The largest absolute Gasteiger partial charge is 0.324 e. The van der Waals surface area contributed by atoms with Crippen molar-refractivity contribution in [2.45, 2.75) is 32.6 Å². The summed E-state index contributed by atoms with van der Waals surface area (Å²) in [7, 11) is 0. The summed E-state index contributed by atoms with van der Waals surface area (Å²) in [6.45, 7) is 2.18. The fourth-order valence-electron chi connectivity index (χ4n) is 2.05. The number of rotatable bonds is 7. The molecule has 0 saturated heterocycles. The molecule has 4 heteroatoms. The van der Waals surface area contributed by atoms with Crippen LogP contribution >= 0.6 is 11.3 Å². The lowest BCUT2D eigenvalue weighted by Gasteiger charge is -2.03. The maximum Gasteiger partial charge on any atom is 0.146 e. The van der Waals surface area contributed by atoms with Crippen molar-refractivity contribution in [3.8, 4) is 0 Å². The molecule has 0 amide bonds. The van der Waals surface area contributed by atoms with Gasteiger partial charge >= 0.3 is 0 Å². The van der Waals surface area contributed by atoms with Crippen LogP contribution in [0.25, 0.3) is 0 Å². The van der Waals surface area contributed by atoms with E-state index in [0.29, 0.717) is 6.42 Å². The van der Waals surface area contributed by atoms with Gasteiger partial charge in [-0.1, -0.05) is 24.3 Å². The van der Waals surface area contributed by atoms with Gasteiger partial charge in [-0.25, -0.2) is 4.98 Å². The Kier molecular flexibility index (Phi) is 5.44. The number of hydrogen-bond acceptors (Lipinski definition) is 4. The van der Waals surface area contributed by atoms with Gasteiger partial charge in [0.15, 0.2) is 0 Å². The fraction of sp³-hybridized carbons (Fsp3) is 0.375. The Morgan fingerprint density at radius 2 is 1.80 bits per heavy atom. The van der Waals surface area contributed by atoms with Crippen molar-refractivity contribution in [1.82, 2.24) is 4.98 Å². The number of Topliss-reactive ketones (excluding diaryl/α,β-unsaturated/α-hetero) is 1. The van der Waals surface area contributed by atoms with Crippen molar-refractivity contribution in [1.29, 1.82) is 0 Å². The SMILES string of the molecule is Cc1nc(CCc2ccc(CCC(=O)CN)cc2)cs1. The Hall–Kier alpha value is -1.52. The maximum absolute atomic E-state index is 11.2. The molecule has 0 saturated carbocycles. The Morgan fingerprint density at radius 1 is 1.15 bits per heavy atom. The smallest absolute Gasteiger partial charge is 0.146 e. The van der Waals surface area contributed by atoms with Crippen LogP contribution in [-0.2, 0) is 24.1 Å². The van der Waals surface area contributed by atoms with Crippen LogP contribution < -0.4 is 5.73 Å². The highest BCUT2D eigenvalue weighted by Gasteiger charge is 2.02. The van der Waals surface area contributed by atoms with Gasteiger partial charge in [0.25, 0.3) is 0 Å². The van der Waals surface area contributed by atoms with Crippen LogP contribution in [0.3, 0.4) is 0 Å². The van der Waals surface area contributed by atoms with E-state index in [1.54, 1.807) is 11.3 Å². The zero-order valence-corrected chi connectivity index (χ0v) is 12.6. The van der Waals surface area contributed by atoms with E-state index in [2.05, 4.69) is 34.6 Å². The predicted molar refractivity (Wildman–Crippen MR) is 83.1 cm³/mol. The Bertz CT molecular complexity index is 560. The minimum atomic E-state index is 0.118. The summed E-state index contributed by atoms with van der Waals surface area (Å²) in [6, 6.07) is 8.49. The monoisotopic (exact) mass is 288 g/mol. The van der Waals surface area contributed by atoms with Crippen molar-refractivity contribution < 1.29 is 4.79 Å². The number of nitrogens with two attached hydrogens (primary N) is 1. The summed E-state index contributed by atoms with van der Waals surface area (Å²) >= 11 is 1.70. The van der Waals surface area contributed by atoms with Crippen LogP contribution in [0.15, 0.2) is 29.6 Å². The average molecular weight is 288 g/mol. The molecular formula is C16H20N2OS. The molecule has 1 aromatic heterocycles. The second kappa shape index (κ2) is 7.31. The van der Waals surface area contributed by atoms with Crippen LogP contribution in [0.1, 0.15) is 28.2 Å². The molecule has 20 heavy (non-hydrogen) atoms. The third kappa shape index (κ3) is 4.54. The zero-order chi connectivity index (χ0) is 14.4. The molecule has 2 N–H and O–H groups in total. The summed E-state index contributed by atoms with van der Waals surface area (Å²) in [4.78, 5) is 15.7. The third-order valence-electron chi connectivity index (χ3n) is 3.28. The first-order valence-corrected chi connectivity index (χ1v) is 7.76. The van der Waals surface area contributed by atoms with Crippen LogP contribution in [0, 0.1) is 6.92 Å². The molecule has 0 aliphatic carbocycles. The van der Waals surface area contributed by atoms with Crippen molar-refractivity contribution in [3.63, 3.8) is 0 Å². The van der Waals surface area contributed by atoms with Crippen LogP contribution in [0.4, 0.5) is 0 Å². The van der Waals surface area contributed by atoms with E-state index in [0.717, 1.165) is 24.3 Å². The summed E-state index contributed by atoms with van der Waals surface area (Å²) in [5.41, 5.74) is 8.98. The van der Waals surface area contributed by atoms with Gasteiger partial charge in [0, 0.05) is 11.8 Å². The molecule has 0 bridgehead atoms. The Morgan fingerprint density at radius 3 is 2.35 bits per heavy atom. The minimum absolute atomic E-state index is 0.118. The van der Waals surface area contributed by atoms with E-state index < -0.39 is 0 Å². The molecule has 0 fully saturated rings. The van der Waals surface area contributed by atoms with Crippen LogP contribution in [0.2, 0.25) is 0 Å². The molecule has 106 valence electrons. The van der Waals surface area contributed by atoms with Gasteiger partial charge in [-0.3, -0.25) is 4.79 Å². The molecule has 0 radical (unpaired) electrons. The van der Waals surface area contributed by atoms with Gasteiger partial charge in [-0.05, 0) is 37.3 Å². The molecule has 0 aliphatic rings. The number of carbonyl (C=O) groups excluding carboxylic acids is 1. The molecule has 0 aliphatic heterocycles. The molecule has 0 unspecified atom stereocenters. The number of aryl methyl sites for hydroxylation is 4. The molecule has 0 spiro atoms. The highest BCUT2D eigenvalue weighted by molar-refractivity contribution is 7.09. The number of hydrogen-bond donors (Lipinski definition) is 1. The number of thiazole rings is 1. The molecule has 3 nitrogen and oxygen atoms in total. The lowest BCUT2D eigenvalue weighted by atomic mass is 10.0. The number of carbonyl (C=O) groups is 1. The van der Waals surface area contributed by atoms with Gasteiger partial charge < -0.3 is 5.73 Å². The summed E-state index contributed by atoms with van der Waals surface area (Å²) in [5.74, 6) is 0.118. The van der Waals surface area contributed by atoms with Crippen molar-refractivity contribution in [2.24, 2.45) is 5.73 Å². The topological polar surface area (TPSA) is 56.0 Å². The summed E-state index contributed by atoms with van der Waals surface area (Å²) in [6.07, 6.45) is 3.30. The summed E-state index contributed by atoms with van der Waals surface area (Å²) in [5, 5.41) is 3.25. The van der Waals surface area contributed by atoms with Gasteiger partial charge in [-0.2, -0.15) is 0 Å². The average Bonchev–Trinajstić information content (AvgIpc) is 2.89. The first kappa shape index (κ1) is 14.9. The predicted octanol–water partition coefficient (Wildman–Crippen LogP) is 2.70. The standard InChI is InChI=1S/C16H20N2OS/c1-12-18-15(11-20-12)8-6-13-2-4-14(5-3-13)7-9-16(19)10-17/h2-5,11H,6-10,17H2,1H3. The first-order chi connectivity index (χ1) is 9.67.